The van der Waals surface area contributed by atoms with Gasteiger partial charge in [0.25, 0.3) is 5.56 Å². The molecule has 7 heteroatoms. The maximum atomic E-state index is 12.9. The summed E-state index contributed by atoms with van der Waals surface area (Å²) in [5.41, 5.74) is 0.572. The number of rotatable bonds is 8. The first kappa shape index (κ1) is 19.8. The van der Waals surface area contributed by atoms with Gasteiger partial charge in [0.15, 0.2) is 6.10 Å². The van der Waals surface area contributed by atoms with Crippen molar-refractivity contribution in [2.24, 2.45) is 0 Å². The molecule has 6 nitrogen and oxygen atoms in total. The van der Waals surface area contributed by atoms with Gasteiger partial charge in [-0.15, -0.1) is 4.73 Å². The van der Waals surface area contributed by atoms with Crippen LogP contribution in [0.1, 0.15) is 13.8 Å². The van der Waals surface area contributed by atoms with Crippen LogP contribution in [0.2, 0.25) is 0 Å². The summed E-state index contributed by atoms with van der Waals surface area (Å²) < 4.78 is 1.39. The van der Waals surface area contributed by atoms with E-state index in [9.17, 15) is 4.79 Å². The lowest BCUT2D eigenvalue weighted by Gasteiger charge is -2.21. The van der Waals surface area contributed by atoms with Gasteiger partial charge in [-0.25, -0.2) is 4.98 Å². The fourth-order valence-electron chi connectivity index (χ4n) is 2.85. The van der Waals surface area contributed by atoms with Crippen LogP contribution in [0, 0.1) is 0 Å². The molecule has 1 aromatic carbocycles. The summed E-state index contributed by atoms with van der Waals surface area (Å²) in [5.74, 6) is 0. The van der Waals surface area contributed by atoms with Crippen LogP contribution in [0.3, 0.4) is 0 Å². The molecule has 1 heterocycles. The van der Waals surface area contributed by atoms with E-state index in [0.29, 0.717) is 21.3 Å². The summed E-state index contributed by atoms with van der Waals surface area (Å²) in [7, 11) is 8.38. The summed E-state index contributed by atoms with van der Waals surface area (Å²) in [5, 5.41) is 1.53. The Bertz CT molecular complexity index is 760. The topological polar surface area (TPSA) is 53.0 Å². The van der Waals surface area contributed by atoms with Crippen LogP contribution < -0.4 is 20.2 Å². The second-order valence-corrected chi connectivity index (χ2v) is 8.58. The van der Waals surface area contributed by atoms with Gasteiger partial charge in [0, 0.05) is 0 Å². The predicted octanol–water partition coefficient (Wildman–Crippen LogP) is -1.02. The Hall–Kier alpha value is -1.57. The van der Waals surface area contributed by atoms with Crippen molar-refractivity contribution in [3.63, 3.8) is 0 Å². The number of fused-ring (bicyclic) bond motifs is 1. The fourth-order valence-corrected chi connectivity index (χ4v) is 4.00. The van der Waals surface area contributed by atoms with Crippen LogP contribution in [-0.2, 0) is 0 Å². The van der Waals surface area contributed by atoms with Crippen molar-refractivity contribution in [3.05, 3.63) is 34.6 Å². The van der Waals surface area contributed by atoms with Crippen LogP contribution in [0.5, 0.6) is 0 Å². The summed E-state index contributed by atoms with van der Waals surface area (Å²) >= 11 is 1.59. The number of likely N-dealkylation sites (N-methyl/N-ethyl adjacent to an activating group) is 1. The van der Waals surface area contributed by atoms with E-state index in [0.717, 1.165) is 13.1 Å². The van der Waals surface area contributed by atoms with Crippen molar-refractivity contribution in [1.82, 2.24) is 9.71 Å². The maximum absolute atomic E-state index is 12.9. The van der Waals surface area contributed by atoms with Crippen LogP contribution in [0.4, 0.5) is 0 Å². The fraction of sp³-hybridized carbons (Fsp3) is 0.556. The van der Waals surface area contributed by atoms with Crippen molar-refractivity contribution in [2.75, 3.05) is 41.3 Å². The Balaban J connectivity index is 2.42. The minimum Gasteiger partial charge on any atom is -0.399 e. The number of hydrogen-bond acceptors (Lipinski definition) is 4. The largest absolute Gasteiger partial charge is 0.399 e. The van der Waals surface area contributed by atoms with E-state index in [2.05, 4.69) is 35.1 Å². The molecule has 2 atom stereocenters. The average molecular weight is 367 g/mol. The molecule has 0 saturated heterocycles. The molecule has 0 spiro atoms. The van der Waals surface area contributed by atoms with Gasteiger partial charge >= 0.3 is 0 Å². The van der Waals surface area contributed by atoms with Gasteiger partial charge in [0.1, 0.15) is 6.54 Å². The van der Waals surface area contributed by atoms with Crippen molar-refractivity contribution in [1.29, 1.82) is 0 Å². The molecule has 0 saturated carbocycles. The minimum atomic E-state index is -0.141. The summed E-state index contributed by atoms with van der Waals surface area (Å²) in [6.07, 6.45) is -0.0835. The molecule has 2 N–H and O–H groups in total. The van der Waals surface area contributed by atoms with Gasteiger partial charge in [0.05, 0.1) is 50.9 Å². The Morgan fingerprint density at radius 1 is 1.12 bits per heavy atom. The maximum Gasteiger partial charge on any atom is 0.295 e. The molecular formula is C18H30N4O2S+2. The molecule has 0 aliphatic heterocycles. The van der Waals surface area contributed by atoms with E-state index in [1.165, 1.54) is 14.5 Å². The van der Waals surface area contributed by atoms with E-state index >= 15 is 0 Å². The van der Waals surface area contributed by atoms with Crippen molar-refractivity contribution >= 4 is 22.7 Å². The van der Waals surface area contributed by atoms with Gasteiger partial charge in [-0.2, -0.15) is 0 Å². The Morgan fingerprint density at radius 3 is 2.40 bits per heavy atom. The number of para-hydroxylation sites is 1. The number of quaternary nitrogens is 2. The first-order chi connectivity index (χ1) is 11.8. The molecule has 0 aliphatic carbocycles. The zero-order valence-electron chi connectivity index (χ0n) is 16.0. The molecule has 138 valence electrons. The zero-order valence-corrected chi connectivity index (χ0v) is 16.8. The molecule has 0 bridgehead atoms. The average Bonchev–Trinajstić information content (AvgIpc) is 2.49. The molecule has 0 radical (unpaired) electrons. The monoisotopic (exact) mass is 366 g/mol. The Morgan fingerprint density at radius 2 is 1.76 bits per heavy atom. The highest BCUT2D eigenvalue weighted by atomic mass is 32.2. The predicted molar refractivity (Wildman–Crippen MR) is 103 cm³/mol. The summed E-state index contributed by atoms with van der Waals surface area (Å²) in [6.45, 7) is 5.92. The lowest BCUT2D eigenvalue weighted by Crippen LogP contribution is -3.07. The van der Waals surface area contributed by atoms with Gasteiger partial charge in [-0.1, -0.05) is 23.9 Å². The quantitative estimate of drug-likeness (QED) is 0.464. The van der Waals surface area contributed by atoms with Gasteiger partial charge in [-0.3, -0.25) is 4.79 Å². The third-order valence-corrected chi connectivity index (χ3v) is 4.73. The van der Waals surface area contributed by atoms with E-state index in [4.69, 9.17) is 9.82 Å². The number of thioether (sulfide) groups is 1. The molecule has 0 aliphatic rings. The highest BCUT2D eigenvalue weighted by Crippen LogP contribution is 2.21. The molecule has 25 heavy (non-hydrogen) atoms. The normalized spacial score (nSPS) is 14.2. The van der Waals surface area contributed by atoms with Gasteiger partial charge in [-0.05, 0) is 26.0 Å². The molecule has 1 aromatic heterocycles. The van der Waals surface area contributed by atoms with Crippen LogP contribution in [0.25, 0.3) is 10.9 Å². The summed E-state index contributed by atoms with van der Waals surface area (Å²) in [4.78, 5) is 26.3. The lowest BCUT2D eigenvalue weighted by molar-refractivity contribution is -0.861. The second kappa shape index (κ2) is 8.69. The van der Waals surface area contributed by atoms with E-state index in [1.54, 1.807) is 17.8 Å². The van der Waals surface area contributed by atoms with Crippen LogP contribution in [-0.4, -0.2) is 62.3 Å². The van der Waals surface area contributed by atoms with Crippen molar-refractivity contribution < 1.29 is 14.6 Å². The Labute approximate surface area is 153 Å². The smallest absolute Gasteiger partial charge is 0.295 e. The van der Waals surface area contributed by atoms with Gasteiger partial charge in [0.2, 0.25) is 5.16 Å². The van der Waals surface area contributed by atoms with Crippen molar-refractivity contribution in [3.8, 4) is 0 Å². The minimum absolute atomic E-state index is 0.0835. The molecule has 0 amide bonds. The first-order valence-corrected chi connectivity index (χ1v) is 9.59. The van der Waals surface area contributed by atoms with Crippen LogP contribution >= 0.6 is 11.8 Å². The van der Waals surface area contributed by atoms with E-state index in [1.807, 2.05) is 25.1 Å². The first-order valence-electron chi connectivity index (χ1n) is 8.71. The number of benzene rings is 1. The molecular weight excluding hydrogens is 336 g/mol. The second-order valence-electron chi connectivity index (χ2n) is 7.18. The molecule has 2 aromatic rings. The SMILES string of the molecule is C[C@H](C[NH+](C)C)On1c(S[C@H](C)C[NH+](C)C)nc2ccccc2c1=O. The van der Waals surface area contributed by atoms with Gasteiger partial charge < -0.3 is 14.6 Å². The molecule has 2 rings (SSSR count). The third-order valence-electron chi connectivity index (χ3n) is 3.69. The van der Waals surface area contributed by atoms with Crippen molar-refractivity contribution in [2.45, 2.75) is 30.4 Å². The zero-order chi connectivity index (χ0) is 18.6. The highest BCUT2D eigenvalue weighted by molar-refractivity contribution is 7.99. The van der Waals surface area contributed by atoms with Crippen LogP contribution in [0.15, 0.2) is 34.2 Å². The highest BCUT2D eigenvalue weighted by Gasteiger charge is 2.19. The molecule has 0 unspecified atom stereocenters. The number of hydrogen-bond donors (Lipinski definition) is 2. The molecule has 0 fully saturated rings. The number of nitrogens with one attached hydrogen (secondary N) is 2. The van der Waals surface area contributed by atoms with E-state index < -0.39 is 0 Å². The number of nitrogens with zero attached hydrogens (tertiary/aromatic N) is 2. The lowest BCUT2D eigenvalue weighted by atomic mass is 10.2. The number of aromatic nitrogens is 2. The third kappa shape index (κ3) is 5.45. The Kier molecular flexibility index (Phi) is 6.87. The summed E-state index contributed by atoms with van der Waals surface area (Å²) in [6, 6.07) is 7.43. The van der Waals surface area contributed by atoms with E-state index in [-0.39, 0.29) is 11.7 Å². The standard InChI is InChI=1S/C18H28N4O2S/c1-13(11-20(3)4)24-22-17(23)15-9-7-8-10-16(15)19-18(22)25-14(2)12-21(5)6/h7-10,13-14H,11-12H2,1-6H3/p+2/t13-,14-/m1/s1.